The maximum Gasteiger partial charge on any atom is 0.115 e. The number of ether oxygens (including phenoxy) is 1. The Hall–Kier alpha value is -1.50. The van der Waals surface area contributed by atoms with Crippen molar-refractivity contribution in [2.45, 2.75) is 88.4 Å². The second-order valence-corrected chi connectivity index (χ2v) is 11.2. The third kappa shape index (κ3) is 2.73. The van der Waals surface area contributed by atoms with Crippen molar-refractivity contribution in [1.82, 2.24) is 0 Å². The molecular weight excluding hydrogens is 370 g/mol. The maximum atomic E-state index is 10.1. The van der Waals surface area contributed by atoms with Gasteiger partial charge in [0.2, 0.25) is 0 Å². The zero-order valence-corrected chi connectivity index (χ0v) is 18.2. The van der Waals surface area contributed by atoms with Gasteiger partial charge in [-0.25, -0.2) is 0 Å². The van der Waals surface area contributed by atoms with Crippen molar-refractivity contribution in [3.05, 3.63) is 29.3 Å². The molecule has 3 N–H and O–H groups in total. The molecule has 2 aliphatic heterocycles. The summed E-state index contributed by atoms with van der Waals surface area (Å²) in [6.07, 6.45) is 11.8. The van der Waals surface area contributed by atoms with Crippen molar-refractivity contribution in [3.63, 3.8) is 0 Å². The van der Waals surface area contributed by atoms with E-state index in [2.05, 4.69) is 24.8 Å². The van der Waals surface area contributed by atoms with Crippen molar-refractivity contribution in [3.8, 4) is 17.6 Å². The first-order chi connectivity index (χ1) is 14.5. The fourth-order valence-corrected chi connectivity index (χ4v) is 8.42. The minimum Gasteiger partial charge on any atom is -0.508 e. The fraction of sp³-hybridized carbons (Fsp3) is 0.704. The van der Waals surface area contributed by atoms with Crippen molar-refractivity contribution in [1.29, 1.82) is 0 Å². The van der Waals surface area contributed by atoms with E-state index in [1.54, 1.807) is 0 Å². The van der Waals surface area contributed by atoms with Gasteiger partial charge in [-0.05, 0) is 86.5 Å². The van der Waals surface area contributed by atoms with E-state index in [-0.39, 0.29) is 23.2 Å². The van der Waals surface area contributed by atoms with Gasteiger partial charge >= 0.3 is 0 Å². The van der Waals surface area contributed by atoms with E-state index in [1.165, 1.54) is 56.1 Å². The Morgan fingerprint density at radius 3 is 2.93 bits per heavy atom. The van der Waals surface area contributed by atoms with Gasteiger partial charge in [-0.3, -0.25) is 0 Å². The van der Waals surface area contributed by atoms with Gasteiger partial charge in [0.05, 0.1) is 17.1 Å². The van der Waals surface area contributed by atoms with Crippen molar-refractivity contribution >= 4 is 0 Å². The second kappa shape index (κ2) is 6.75. The third-order valence-electron chi connectivity index (χ3n) is 9.50. The number of rotatable bonds is 0. The van der Waals surface area contributed by atoms with Gasteiger partial charge in [-0.15, -0.1) is 0 Å². The molecule has 3 nitrogen and oxygen atoms in total. The summed E-state index contributed by atoms with van der Waals surface area (Å²) in [7, 11) is 0. The molecule has 6 aliphatic rings. The Morgan fingerprint density at radius 2 is 2.07 bits per heavy atom. The molecule has 0 aromatic heterocycles. The average Bonchev–Trinajstić information content (AvgIpc) is 2.72. The van der Waals surface area contributed by atoms with Crippen molar-refractivity contribution in [2.24, 2.45) is 35.3 Å². The average molecular weight is 406 g/mol. The summed E-state index contributed by atoms with van der Waals surface area (Å²) in [4.78, 5) is 0. The smallest absolute Gasteiger partial charge is 0.115 e. The number of aromatic hydroxyl groups is 1. The highest BCUT2D eigenvalue weighted by atomic mass is 16.5. The maximum absolute atomic E-state index is 10.1. The fourth-order valence-electron chi connectivity index (χ4n) is 8.42. The Morgan fingerprint density at radius 1 is 1.17 bits per heavy atom. The molecule has 3 saturated carbocycles. The summed E-state index contributed by atoms with van der Waals surface area (Å²) in [5.41, 5.74) is 9.41. The van der Waals surface area contributed by atoms with E-state index in [4.69, 9.17) is 10.5 Å². The number of nitrogens with two attached hydrogens (primary N) is 1. The topological polar surface area (TPSA) is 55.5 Å². The lowest BCUT2D eigenvalue weighted by Crippen LogP contribution is -2.75. The van der Waals surface area contributed by atoms with Crippen molar-refractivity contribution < 1.29 is 9.84 Å². The first-order valence-corrected chi connectivity index (χ1v) is 12.2. The summed E-state index contributed by atoms with van der Waals surface area (Å²) in [6.45, 7) is 2.36. The van der Waals surface area contributed by atoms with E-state index in [9.17, 15) is 5.11 Å². The SMILES string of the molecule is C[C@]12CCC[C@@H]3C[C@@]4(O1)[C@H]1CCC[C@@H](Cc5ccc(O)cc5CC#C[C@@H]4[C@@H](N)[C@@H]32)C1. The van der Waals surface area contributed by atoms with Gasteiger partial charge in [0.15, 0.2) is 0 Å². The van der Waals surface area contributed by atoms with Gasteiger partial charge in [0.25, 0.3) is 0 Å². The third-order valence-corrected chi connectivity index (χ3v) is 9.50. The molecule has 2 saturated heterocycles. The summed E-state index contributed by atoms with van der Waals surface area (Å²) < 4.78 is 7.24. The van der Waals surface area contributed by atoms with Crippen LogP contribution in [0.3, 0.4) is 0 Å². The highest BCUT2D eigenvalue weighted by Crippen LogP contribution is 2.63. The molecule has 7 rings (SSSR count). The van der Waals surface area contributed by atoms with Crippen LogP contribution in [0.2, 0.25) is 0 Å². The number of benzene rings is 1. The van der Waals surface area contributed by atoms with Crippen LogP contribution in [-0.4, -0.2) is 22.4 Å². The molecule has 8 atom stereocenters. The van der Waals surface area contributed by atoms with Crippen LogP contribution in [0.5, 0.6) is 5.75 Å². The lowest BCUT2D eigenvalue weighted by Gasteiger charge is -2.68. The molecule has 2 heterocycles. The van der Waals surface area contributed by atoms with E-state index in [0.29, 0.717) is 35.8 Å². The molecule has 160 valence electrons. The van der Waals surface area contributed by atoms with Gasteiger partial charge < -0.3 is 15.6 Å². The predicted molar refractivity (Wildman–Crippen MR) is 118 cm³/mol. The van der Waals surface area contributed by atoms with Gasteiger partial charge in [-0.1, -0.05) is 37.2 Å². The number of phenolic OH excluding ortho intramolecular Hbond substituents is 1. The molecule has 0 unspecified atom stereocenters. The van der Waals surface area contributed by atoms with Gasteiger partial charge in [0.1, 0.15) is 5.75 Å². The number of hydrogen-bond acceptors (Lipinski definition) is 3. The molecular formula is C27H35NO2. The summed E-state index contributed by atoms with van der Waals surface area (Å²) in [5.74, 6) is 10.1. The Bertz CT molecular complexity index is 915. The van der Waals surface area contributed by atoms with Gasteiger partial charge in [0, 0.05) is 18.4 Å². The minimum absolute atomic E-state index is 0.0549. The van der Waals surface area contributed by atoms with Crippen LogP contribution in [0.15, 0.2) is 18.2 Å². The minimum atomic E-state index is -0.154. The van der Waals surface area contributed by atoms with Crippen LogP contribution in [0.4, 0.5) is 0 Å². The highest BCUT2D eigenvalue weighted by Gasteiger charge is 2.67. The van der Waals surface area contributed by atoms with E-state index < -0.39 is 0 Å². The zero-order chi connectivity index (χ0) is 20.5. The molecule has 1 aromatic carbocycles. The molecule has 3 heteroatoms. The highest BCUT2D eigenvalue weighted by molar-refractivity contribution is 5.38. The monoisotopic (exact) mass is 405 g/mol. The van der Waals surface area contributed by atoms with Gasteiger partial charge in [-0.2, -0.15) is 0 Å². The largest absolute Gasteiger partial charge is 0.508 e. The summed E-state index contributed by atoms with van der Waals surface area (Å²) >= 11 is 0. The molecule has 0 radical (unpaired) electrons. The zero-order valence-electron chi connectivity index (χ0n) is 18.2. The summed E-state index contributed by atoms with van der Waals surface area (Å²) in [6, 6.07) is 6.01. The molecule has 1 aromatic rings. The predicted octanol–water partition coefficient (Wildman–Crippen LogP) is 4.59. The molecule has 30 heavy (non-hydrogen) atoms. The quantitative estimate of drug-likeness (QED) is 0.621. The first kappa shape index (κ1) is 19.2. The van der Waals surface area contributed by atoms with Crippen LogP contribution in [-0.2, 0) is 17.6 Å². The van der Waals surface area contributed by atoms with Crippen LogP contribution in [0.25, 0.3) is 0 Å². The van der Waals surface area contributed by atoms with E-state index in [0.717, 1.165) is 12.8 Å². The van der Waals surface area contributed by atoms with Crippen LogP contribution in [0.1, 0.15) is 69.4 Å². The second-order valence-electron chi connectivity index (χ2n) is 11.2. The lowest BCUT2D eigenvalue weighted by atomic mass is 9.48. The van der Waals surface area contributed by atoms with Crippen LogP contribution >= 0.6 is 0 Å². The molecule has 6 bridgehead atoms. The van der Waals surface area contributed by atoms with E-state index in [1.807, 2.05) is 12.1 Å². The molecule has 1 spiro atoms. The van der Waals surface area contributed by atoms with E-state index >= 15 is 0 Å². The van der Waals surface area contributed by atoms with Crippen molar-refractivity contribution in [2.75, 3.05) is 0 Å². The summed E-state index contributed by atoms with van der Waals surface area (Å²) in [5, 5.41) is 10.1. The number of fused-ring (bicyclic) bond motifs is 3. The van der Waals surface area contributed by atoms with Crippen LogP contribution < -0.4 is 5.73 Å². The first-order valence-electron chi connectivity index (χ1n) is 12.2. The number of phenols is 1. The Kier molecular flexibility index (Phi) is 4.32. The lowest BCUT2D eigenvalue weighted by molar-refractivity contribution is -0.321. The molecule has 0 amide bonds. The Balaban J connectivity index is 1.46. The Labute approximate surface area is 180 Å². The number of hydrogen-bond donors (Lipinski definition) is 2. The molecule has 4 aliphatic carbocycles. The standard InChI is InChI=1S/C27H35NO2/c1-26-12-4-7-20-16-27(30-26)21-8-2-5-17(14-21)13-19-10-11-22(29)15-18(19)6-3-9-23(27)25(28)24(20)26/h10-11,15,17,20-21,23-25,29H,2,4-8,12-14,16,28H2,1H3/t17-,20+,21-,23+,24+,25+,26+,27+/m0/s1. The normalized spacial score (nSPS) is 46.6. The van der Waals surface area contributed by atoms with Crippen LogP contribution in [0, 0.1) is 41.4 Å². The molecule has 5 fully saturated rings.